The first-order valence-electron chi connectivity index (χ1n) is 4.85. The van der Waals surface area contributed by atoms with E-state index in [-0.39, 0.29) is 11.7 Å². The van der Waals surface area contributed by atoms with Crippen LogP contribution in [0.3, 0.4) is 0 Å². The number of carboxylic acids is 3. The molecule has 2 atom stereocenters. The summed E-state index contributed by atoms with van der Waals surface area (Å²) >= 11 is 3.73. The van der Waals surface area contributed by atoms with Gasteiger partial charge in [-0.3, -0.25) is 9.59 Å². The van der Waals surface area contributed by atoms with Crippen LogP contribution in [-0.2, 0) is 19.2 Å². The second kappa shape index (κ2) is 10.1. The molecule has 0 aromatic heterocycles. The Balaban J connectivity index is 0. The lowest BCUT2D eigenvalue weighted by atomic mass is 10.3. The summed E-state index contributed by atoms with van der Waals surface area (Å²) in [6, 6.07) is -0.874. The normalized spacial score (nSPS) is 12.4. The van der Waals surface area contributed by atoms with Gasteiger partial charge in [0.2, 0.25) is 5.91 Å². The molecule has 0 radical (unpaired) electrons. The highest BCUT2D eigenvalue weighted by molar-refractivity contribution is 7.80. The number of carbonyl (C=O) groups excluding carboxylic acids is 1. The van der Waals surface area contributed by atoms with Gasteiger partial charge in [0, 0.05) is 12.7 Å². The molecule has 1 unspecified atom stereocenters. The van der Waals surface area contributed by atoms with E-state index in [1.165, 1.54) is 6.92 Å². The van der Waals surface area contributed by atoms with E-state index in [4.69, 9.17) is 20.4 Å². The Kier molecular flexibility index (Phi) is 10.4. The molecule has 0 aliphatic carbocycles. The predicted molar refractivity (Wildman–Crippen MR) is 65.0 cm³/mol. The molecule has 0 aliphatic heterocycles. The zero-order valence-electron chi connectivity index (χ0n) is 9.94. The highest BCUT2D eigenvalue weighted by Gasteiger charge is 2.16. The van der Waals surface area contributed by atoms with Gasteiger partial charge in [0.15, 0.2) is 6.10 Å². The molecule has 9 nitrogen and oxygen atoms in total. The topological polar surface area (TPSA) is 161 Å². The minimum atomic E-state index is -1.79. The third-order valence-electron chi connectivity index (χ3n) is 1.51. The average Bonchev–Trinajstić information content (AvgIpc) is 2.25. The Labute approximate surface area is 113 Å². The summed E-state index contributed by atoms with van der Waals surface area (Å²) < 4.78 is 0. The number of hydrogen-bond acceptors (Lipinski definition) is 6. The maximum atomic E-state index is 10.3. The molecule has 0 saturated heterocycles. The first-order valence-corrected chi connectivity index (χ1v) is 5.48. The number of aliphatic hydroxyl groups excluding tert-OH is 1. The van der Waals surface area contributed by atoms with Crippen LogP contribution < -0.4 is 5.32 Å². The van der Waals surface area contributed by atoms with Crippen molar-refractivity contribution in [2.45, 2.75) is 25.5 Å². The first kappa shape index (κ1) is 19.5. The molecule has 0 aromatic rings. The number of carboxylic acid groups (broad SMARTS) is 3. The molecule has 110 valence electrons. The molecule has 10 heteroatoms. The highest BCUT2D eigenvalue weighted by Crippen LogP contribution is 1.89. The fraction of sp³-hybridized carbons (Fsp3) is 0.556. The van der Waals surface area contributed by atoms with E-state index in [0.717, 1.165) is 0 Å². The Morgan fingerprint density at radius 2 is 1.58 bits per heavy atom. The molecular weight excluding hydrogens is 282 g/mol. The molecule has 5 N–H and O–H groups in total. The van der Waals surface area contributed by atoms with Crippen LogP contribution in [0.15, 0.2) is 0 Å². The monoisotopic (exact) mass is 297 g/mol. The van der Waals surface area contributed by atoms with Crippen molar-refractivity contribution in [3.63, 3.8) is 0 Å². The van der Waals surface area contributed by atoms with Crippen molar-refractivity contribution in [2.24, 2.45) is 0 Å². The zero-order chi connectivity index (χ0) is 15.6. The number of rotatable bonds is 6. The number of carbonyl (C=O) groups is 4. The molecule has 0 spiro atoms. The lowest BCUT2D eigenvalue weighted by Gasteiger charge is -2.08. The largest absolute Gasteiger partial charge is 0.481 e. The van der Waals surface area contributed by atoms with Gasteiger partial charge in [0.05, 0.1) is 6.42 Å². The van der Waals surface area contributed by atoms with Gasteiger partial charge in [-0.15, -0.1) is 0 Å². The van der Waals surface area contributed by atoms with Crippen molar-refractivity contribution in [1.82, 2.24) is 5.32 Å². The highest BCUT2D eigenvalue weighted by atomic mass is 32.1. The van der Waals surface area contributed by atoms with Crippen LogP contribution in [0.5, 0.6) is 0 Å². The second-order valence-electron chi connectivity index (χ2n) is 3.23. The van der Waals surface area contributed by atoms with E-state index in [2.05, 4.69) is 17.9 Å². The van der Waals surface area contributed by atoms with Crippen LogP contribution in [0, 0.1) is 0 Å². The second-order valence-corrected chi connectivity index (χ2v) is 3.59. The van der Waals surface area contributed by atoms with E-state index in [1.54, 1.807) is 0 Å². The number of nitrogens with one attached hydrogen (secondary N) is 1. The quantitative estimate of drug-likeness (QED) is 0.320. The van der Waals surface area contributed by atoms with E-state index in [9.17, 15) is 19.2 Å². The summed E-state index contributed by atoms with van der Waals surface area (Å²) in [5.41, 5.74) is 0. The van der Waals surface area contributed by atoms with Gasteiger partial charge in [-0.2, -0.15) is 12.6 Å². The summed E-state index contributed by atoms with van der Waals surface area (Å²) in [7, 11) is 0. The fourth-order valence-electron chi connectivity index (χ4n) is 0.684. The van der Waals surface area contributed by atoms with Crippen LogP contribution in [0.1, 0.15) is 13.3 Å². The molecule has 0 fully saturated rings. The Hall–Kier alpha value is -1.81. The first-order chi connectivity index (χ1) is 8.61. The zero-order valence-corrected chi connectivity index (χ0v) is 10.8. The van der Waals surface area contributed by atoms with Crippen molar-refractivity contribution < 1.29 is 39.6 Å². The van der Waals surface area contributed by atoms with Crippen LogP contribution in [0.25, 0.3) is 0 Å². The summed E-state index contributed by atoms with van der Waals surface area (Å²) in [6.45, 7) is 1.26. The van der Waals surface area contributed by atoms with Crippen LogP contribution in [-0.4, -0.2) is 62.1 Å². The Morgan fingerprint density at radius 3 is 1.68 bits per heavy atom. The molecule has 1 amide bonds. The van der Waals surface area contributed by atoms with E-state index in [1.807, 2.05) is 0 Å². The Morgan fingerprint density at radius 1 is 1.11 bits per heavy atom. The van der Waals surface area contributed by atoms with Crippen molar-refractivity contribution in [3.8, 4) is 0 Å². The van der Waals surface area contributed by atoms with Gasteiger partial charge in [-0.05, 0) is 0 Å². The summed E-state index contributed by atoms with van der Waals surface area (Å²) in [6.07, 6.45) is -2.54. The molecule has 0 saturated carbocycles. The third kappa shape index (κ3) is 12.4. The summed E-state index contributed by atoms with van der Waals surface area (Å²) in [4.78, 5) is 39.9. The maximum Gasteiger partial charge on any atom is 0.333 e. The molecule has 0 bridgehead atoms. The van der Waals surface area contributed by atoms with Crippen LogP contribution in [0.4, 0.5) is 0 Å². The van der Waals surface area contributed by atoms with Gasteiger partial charge >= 0.3 is 17.9 Å². The molecule has 0 aliphatic rings. The number of amides is 1. The van der Waals surface area contributed by atoms with Gasteiger partial charge in [-0.25, -0.2) is 9.59 Å². The van der Waals surface area contributed by atoms with Crippen molar-refractivity contribution in [2.75, 3.05) is 5.75 Å². The lowest BCUT2D eigenvalue weighted by Crippen LogP contribution is -2.40. The SMILES string of the molecule is CC(=O)N[C@@H](CS)C(=O)O.O=C(O)CC(O)C(=O)O. The van der Waals surface area contributed by atoms with Crippen molar-refractivity contribution in [1.29, 1.82) is 0 Å². The van der Waals surface area contributed by atoms with Gasteiger partial charge in [0.1, 0.15) is 6.04 Å². The molecule has 0 rings (SSSR count). The molecule has 0 aromatic carbocycles. The molecule has 19 heavy (non-hydrogen) atoms. The van der Waals surface area contributed by atoms with Crippen molar-refractivity contribution >= 4 is 36.4 Å². The fourth-order valence-corrected chi connectivity index (χ4v) is 0.931. The molecular formula is C9H15NO8S. The number of aliphatic carboxylic acids is 3. The van der Waals surface area contributed by atoms with Crippen LogP contribution >= 0.6 is 12.6 Å². The third-order valence-corrected chi connectivity index (χ3v) is 1.88. The van der Waals surface area contributed by atoms with Gasteiger partial charge < -0.3 is 25.7 Å². The van der Waals surface area contributed by atoms with Gasteiger partial charge in [-0.1, -0.05) is 0 Å². The maximum absolute atomic E-state index is 10.3. The standard InChI is InChI=1S/C5H9NO3S.C4H6O5/c1-3(7)6-4(2-10)5(8)9;5-2(4(8)9)1-3(6)7/h4,10H,2H2,1H3,(H,6,7)(H,8,9);2,5H,1H2,(H,6,7)(H,8,9)/t4-;/m0./s1. The number of hydrogen-bond donors (Lipinski definition) is 6. The summed E-state index contributed by atoms with van der Waals surface area (Å²) in [5.74, 6) is -4.16. The average molecular weight is 297 g/mol. The van der Waals surface area contributed by atoms with Crippen molar-refractivity contribution in [3.05, 3.63) is 0 Å². The van der Waals surface area contributed by atoms with Crippen LogP contribution in [0.2, 0.25) is 0 Å². The number of thiol groups is 1. The number of aliphatic hydroxyl groups is 1. The van der Waals surface area contributed by atoms with Gasteiger partial charge in [0.25, 0.3) is 0 Å². The predicted octanol–water partition coefficient (Wildman–Crippen LogP) is -1.59. The van der Waals surface area contributed by atoms with E-state index in [0.29, 0.717) is 0 Å². The minimum Gasteiger partial charge on any atom is -0.481 e. The van der Waals surface area contributed by atoms with E-state index < -0.39 is 36.5 Å². The Bertz CT molecular complexity index is 345. The minimum absolute atomic E-state index is 0.106. The van der Waals surface area contributed by atoms with E-state index >= 15 is 0 Å². The lowest BCUT2D eigenvalue weighted by molar-refractivity contribution is -0.152. The smallest absolute Gasteiger partial charge is 0.333 e. The molecule has 0 heterocycles. The summed E-state index contributed by atoms with van der Waals surface area (Å²) in [5, 5.41) is 34.7.